The van der Waals surface area contributed by atoms with Gasteiger partial charge in [-0.1, -0.05) is 18.2 Å². The van der Waals surface area contributed by atoms with Crippen LogP contribution in [-0.2, 0) is 6.54 Å². The van der Waals surface area contributed by atoms with Crippen LogP contribution < -0.4 is 21.7 Å². The second-order valence-corrected chi connectivity index (χ2v) is 7.37. The van der Waals surface area contributed by atoms with E-state index in [9.17, 15) is 9.59 Å². The summed E-state index contributed by atoms with van der Waals surface area (Å²) >= 11 is 0. The Morgan fingerprint density at radius 2 is 1.56 bits per heavy atom. The molecule has 1 aromatic heterocycles. The number of carbonyl (C=O) groups is 2. The Morgan fingerprint density at radius 3 is 2.12 bits per heavy atom. The Labute approximate surface area is 185 Å². The van der Waals surface area contributed by atoms with Gasteiger partial charge in [0.05, 0.1) is 5.69 Å². The lowest BCUT2D eigenvalue weighted by molar-refractivity contribution is 0.101. The summed E-state index contributed by atoms with van der Waals surface area (Å²) in [6.07, 6.45) is 3.00. The fourth-order valence-corrected chi connectivity index (χ4v) is 3.31. The van der Waals surface area contributed by atoms with Crippen molar-refractivity contribution < 1.29 is 9.59 Å². The molecule has 0 spiro atoms. The number of rotatable bonds is 6. The minimum atomic E-state index is -0.322. The Hall–Kier alpha value is -3.88. The average molecular weight is 428 g/mol. The Bertz CT molecular complexity index is 1120. The standard InChI is InChI=1S/C24H24N6O2/c25-15-16-1-7-20(8-2-16)27-23(31)18-3-5-19(6-4-18)24(32)28-22-10-9-21(29-30-22)17-11-13-26-14-12-17/h1-11,26H,12-15,25H2,(H,27,31)(H,28,30,32). The predicted octanol–water partition coefficient (Wildman–Crippen LogP) is 2.82. The normalized spacial score (nSPS) is 13.2. The number of amides is 2. The average Bonchev–Trinajstić information content (AvgIpc) is 2.85. The van der Waals surface area contributed by atoms with Crippen LogP contribution in [0.25, 0.3) is 5.57 Å². The van der Waals surface area contributed by atoms with E-state index < -0.39 is 0 Å². The maximum absolute atomic E-state index is 12.5. The zero-order valence-corrected chi connectivity index (χ0v) is 17.5. The smallest absolute Gasteiger partial charge is 0.256 e. The molecular weight excluding hydrogens is 404 g/mol. The number of benzene rings is 2. The molecule has 1 aliphatic heterocycles. The number of anilines is 2. The van der Waals surface area contributed by atoms with Crippen molar-refractivity contribution in [3.05, 3.63) is 89.1 Å². The summed E-state index contributed by atoms with van der Waals surface area (Å²) in [5.41, 5.74) is 10.1. The molecule has 8 heteroatoms. The van der Waals surface area contributed by atoms with Gasteiger partial charge in [0.15, 0.2) is 5.82 Å². The van der Waals surface area contributed by atoms with Crippen molar-refractivity contribution in [2.75, 3.05) is 23.7 Å². The highest BCUT2D eigenvalue weighted by atomic mass is 16.2. The van der Waals surface area contributed by atoms with Crippen molar-refractivity contribution in [3.8, 4) is 0 Å². The summed E-state index contributed by atoms with van der Waals surface area (Å²) in [4.78, 5) is 25.0. The van der Waals surface area contributed by atoms with Crippen molar-refractivity contribution in [1.82, 2.24) is 15.5 Å². The van der Waals surface area contributed by atoms with Crippen molar-refractivity contribution in [2.24, 2.45) is 5.73 Å². The van der Waals surface area contributed by atoms with Crippen LogP contribution in [0.4, 0.5) is 11.5 Å². The molecule has 0 saturated heterocycles. The number of aromatic nitrogens is 2. The molecule has 0 atom stereocenters. The molecule has 32 heavy (non-hydrogen) atoms. The zero-order chi connectivity index (χ0) is 22.3. The maximum atomic E-state index is 12.5. The van der Waals surface area contributed by atoms with Crippen molar-refractivity contribution >= 4 is 28.9 Å². The minimum Gasteiger partial charge on any atom is -0.326 e. The van der Waals surface area contributed by atoms with E-state index in [1.807, 2.05) is 18.2 Å². The van der Waals surface area contributed by atoms with Crippen LogP contribution in [-0.4, -0.2) is 35.1 Å². The highest BCUT2D eigenvalue weighted by Gasteiger charge is 2.12. The molecule has 5 N–H and O–H groups in total. The van der Waals surface area contributed by atoms with Gasteiger partial charge in [0.2, 0.25) is 0 Å². The fraction of sp³-hybridized carbons (Fsp3) is 0.167. The molecule has 0 fully saturated rings. The third-order valence-electron chi connectivity index (χ3n) is 5.16. The lowest BCUT2D eigenvalue weighted by atomic mass is 10.1. The van der Waals surface area contributed by atoms with Gasteiger partial charge in [0.25, 0.3) is 11.8 Å². The molecule has 0 saturated carbocycles. The second kappa shape index (κ2) is 9.95. The van der Waals surface area contributed by atoms with E-state index in [1.54, 1.807) is 42.5 Å². The van der Waals surface area contributed by atoms with Crippen LogP contribution >= 0.6 is 0 Å². The largest absolute Gasteiger partial charge is 0.326 e. The Kier molecular flexibility index (Phi) is 6.64. The molecule has 2 heterocycles. The van der Waals surface area contributed by atoms with E-state index in [1.165, 1.54) is 0 Å². The first-order valence-electron chi connectivity index (χ1n) is 10.4. The Morgan fingerprint density at radius 1 is 0.875 bits per heavy atom. The van der Waals surface area contributed by atoms with Crippen molar-refractivity contribution in [3.63, 3.8) is 0 Å². The SMILES string of the molecule is NCc1ccc(NC(=O)c2ccc(C(=O)Nc3ccc(C4=CCNCC4)nn3)cc2)cc1. The third-order valence-corrected chi connectivity index (χ3v) is 5.16. The summed E-state index contributed by atoms with van der Waals surface area (Å²) in [5, 5.41) is 17.1. The molecule has 0 radical (unpaired) electrons. The minimum absolute atomic E-state index is 0.258. The lowest BCUT2D eigenvalue weighted by Gasteiger charge is -2.13. The van der Waals surface area contributed by atoms with E-state index in [0.717, 1.165) is 36.3 Å². The zero-order valence-electron chi connectivity index (χ0n) is 17.5. The molecule has 8 nitrogen and oxygen atoms in total. The molecule has 4 rings (SSSR count). The van der Waals surface area contributed by atoms with Crippen LogP contribution in [0.15, 0.2) is 66.7 Å². The van der Waals surface area contributed by atoms with E-state index in [0.29, 0.717) is 29.2 Å². The first-order chi connectivity index (χ1) is 15.6. The summed E-state index contributed by atoms with van der Waals surface area (Å²) in [7, 11) is 0. The molecule has 0 bridgehead atoms. The van der Waals surface area contributed by atoms with Crippen LogP contribution in [0.5, 0.6) is 0 Å². The first-order valence-corrected chi connectivity index (χ1v) is 10.4. The van der Waals surface area contributed by atoms with Gasteiger partial charge in [-0.15, -0.1) is 10.2 Å². The summed E-state index contributed by atoms with van der Waals surface area (Å²) < 4.78 is 0. The maximum Gasteiger partial charge on any atom is 0.256 e. The van der Waals surface area contributed by atoms with Crippen LogP contribution in [0.3, 0.4) is 0 Å². The number of hydrogen-bond acceptors (Lipinski definition) is 6. The van der Waals surface area contributed by atoms with Gasteiger partial charge in [0.1, 0.15) is 0 Å². The van der Waals surface area contributed by atoms with Gasteiger partial charge in [0, 0.05) is 29.9 Å². The molecule has 0 unspecified atom stereocenters. The molecule has 3 aromatic rings. The molecule has 1 aliphatic rings. The molecular formula is C24H24N6O2. The summed E-state index contributed by atoms with van der Waals surface area (Å²) in [5.74, 6) is -0.209. The van der Waals surface area contributed by atoms with E-state index in [2.05, 4.69) is 32.2 Å². The van der Waals surface area contributed by atoms with E-state index >= 15 is 0 Å². The van der Waals surface area contributed by atoms with Gasteiger partial charge in [-0.25, -0.2) is 0 Å². The van der Waals surface area contributed by atoms with Gasteiger partial charge in [-0.05, 0) is 72.6 Å². The fourth-order valence-electron chi connectivity index (χ4n) is 3.31. The van der Waals surface area contributed by atoms with Gasteiger partial charge in [-0.2, -0.15) is 0 Å². The number of hydrogen-bond donors (Lipinski definition) is 4. The highest BCUT2D eigenvalue weighted by molar-refractivity contribution is 6.07. The van der Waals surface area contributed by atoms with Crippen LogP contribution in [0.2, 0.25) is 0 Å². The first kappa shape index (κ1) is 21.4. The predicted molar refractivity (Wildman–Crippen MR) is 124 cm³/mol. The van der Waals surface area contributed by atoms with Gasteiger partial charge < -0.3 is 21.7 Å². The number of nitrogens with two attached hydrogens (primary N) is 1. The molecule has 2 amide bonds. The number of nitrogens with zero attached hydrogens (tertiary/aromatic N) is 2. The summed E-state index contributed by atoms with van der Waals surface area (Å²) in [6, 6.07) is 17.3. The van der Waals surface area contributed by atoms with E-state index in [4.69, 9.17) is 5.73 Å². The van der Waals surface area contributed by atoms with Crippen molar-refractivity contribution in [2.45, 2.75) is 13.0 Å². The molecule has 0 aliphatic carbocycles. The van der Waals surface area contributed by atoms with Crippen LogP contribution in [0, 0.1) is 0 Å². The summed E-state index contributed by atoms with van der Waals surface area (Å²) in [6.45, 7) is 2.19. The quantitative estimate of drug-likeness (QED) is 0.479. The number of carbonyl (C=O) groups excluding carboxylic acids is 2. The monoisotopic (exact) mass is 428 g/mol. The van der Waals surface area contributed by atoms with Crippen molar-refractivity contribution in [1.29, 1.82) is 0 Å². The highest BCUT2D eigenvalue weighted by Crippen LogP contribution is 2.18. The van der Waals surface area contributed by atoms with Gasteiger partial charge >= 0.3 is 0 Å². The number of nitrogens with one attached hydrogen (secondary N) is 3. The third kappa shape index (κ3) is 5.23. The Balaban J connectivity index is 1.36. The topological polar surface area (TPSA) is 122 Å². The lowest BCUT2D eigenvalue weighted by Crippen LogP contribution is -2.20. The second-order valence-electron chi connectivity index (χ2n) is 7.37. The van der Waals surface area contributed by atoms with Gasteiger partial charge in [-0.3, -0.25) is 9.59 Å². The molecule has 2 aromatic carbocycles. The molecule has 162 valence electrons. The van der Waals surface area contributed by atoms with E-state index in [-0.39, 0.29) is 11.8 Å². The van der Waals surface area contributed by atoms with Crippen LogP contribution in [0.1, 0.15) is 38.4 Å².